The third kappa shape index (κ3) is 5.44. The van der Waals surface area contributed by atoms with E-state index in [-0.39, 0.29) is 24.0 Å². The van der Waals surface area contributed by atoms with E-state index in [0.29, 0.717) is 13.1 Å². The average molecular weight is 534 g/mol. The molecule has 0 saturated carbocycles. The van der Waals surface area contributed by atoms with Crippen molar-refractivity contribution >= 4 is 29.9 Å². The van der Waals surface area contributed by atoms with Crippen molar-refractivity contribution in [3.63, 3.8) is 0 Å². The highest BCUT2D eigenvalue weighted by atomic mass is 127. The zero-order valence-electron chi connectivity index (χ0n) is 18.4. The summed E-state index contributed by atoms with van der Waals surface area (Å²) in [5.74, 6) is 2.81. The average Bonchev–Trinajstić information content (AvgIpc) is 3.20. The van der Waals surface area contributed by atoms with Crippen LogP contribution in [0.25, 0.3) is 5.69 Å². The molecule has 4 rings (SSSR count). The van der Waals surface area contributed by atoms with Gasteiger partial charge in [0.05, 0.1) is 17.9 Å². The number of aliphatic imine (C=N–C) groups is 1. The zero-order chi connectivity index (χ0) is 20.9. The molecule has 1 aliphatic heterocycles. The molecule has 0 unspecified atom stereocenters. The Morgan fingerprint density at radius 2 is 1.87 bits per heavy atom. The van der Waals surface area contributed by atoms with Gasteiger partial charge in [0.1, 0.15) is 5.82 Å². The van der Waals surface area contributed by atoms with Crippen molar-refractivity contribution in [3.8, 4) is 5.69 Å². The van der Waals surface area contributed by atoms with Crippen LogP contribution in [0.15, 0.2) is 35.3 Å². The van der Waals surface area contributed by atoms with E-state index in [9.17, 15) is 0 Å². The van der Waals surface area contributed by atoms with Crippen molar-refractivity contribution in [3.05, 3.63) is 58.9 Å². The minimum absolute atomic E-state index is 0. The summed E-state index contributed by atoms with van der Waals surface area (Å²) < 4.78 is 4.25. The molecule has 0 spiro atoms. The van der Waals surface area contributed by atoms with Gasteiger partial charge in [0.2, 0.25) is 0 Å². The monoisotopic (exact) mass is 534 g/mol. The number of para-hydroxylation sites is 1. The van der Waals surface area contributed by atoms with Crippen molar-refractivity contribution in [2.24, 2.45) is 4.99 Å². The number of guanidine groups is 1. The number of rotatable bonds is 5. The molecule has 0 fully saturated rings. The predicted octanol–water partition coefficient (Wildman–Crippen LogP) is 3.29. The number of fused-ring (bicyclic) bond motifs is 1. The Morgan fingerprint density at radius 3 is 2.65 bits per heavy atom. The lowest BCUT2D eigenvalue weighted by molar-refractivity contribution is 0.596. The molecule has 0 radical (unpaired) electrons. The Balaban J connectivity index is 0.00000272. The Morgan fingerprint density at radius 1 is 1.06 bits per heavy atom. The fourth-order valence-corrected chi connectivity index (χ4v) is 3.98. The number of hydrogen-bond acceptors (Lipinski definition) is 4. The molecule has 2 aromatic heterocycles. The van der Waals surface area contributed by atoms with Gasteiger partial charge in [0.25, 0.3) is 0 Å². The molecule has 0 bridgehead atoms. The van der Waals surface area contributed by atoms with Gasteiger partial charge in [-0.15, -0.1) is 34.2 Å². The van der Waals surface area contributed by atoms with Crippen LogP contribution in [-0.4, -0.2) is 37.6 Å². The third-order valence-electron chi connectivity index (χ3n) is 5.50. The second kappa shape index (κ2) is 10.7. The quantitative estimate of drug-likeness (QED) is 0.298. The molecule has 3 heterocycles. The number of aryl methyl sites for hydroxylation is 3. The highest BCUT2D eigenvalue weighted by molar-refractivity contribution is 14.0. The van der Waals surface area contributed by atoms with Gasteiger partial charge in [0.15, 0.2) is 11.8 Å². The predicted molar refractivity (Wildman–Crippen MR) is 133 cm³/mol. The van der Waals surface area contributed by atoms with Gasteiger partial charge < -0.3 is 15.2 Å². The Bertz CT molecular complexity index is 1040. The second-order valence-electron chi connectivity index (χ2n) is 7.74. The smallest absolute Gasteiger partial charge is 0.191 e. The molecule has 8 nitrogen and oxygen atoms in total. The summed E-state index contributed by atoms with van der Waals surface area (Å²) in [6, 6.07) is 10.4. The van der Waals surface area contributed by atoms with Crippen LogP contribution in [0.1, 0.15) is 47.9 Å². The van der Waals surface area contributed by atoms with Gasteiger partial charge in [-0.1, -0.05) is 24.6 Å². The first-order chi connectivity index (χ1) is 14.7. The summed E-state index contributed by atoms with van der Waals surface area (Å²) in [5.41, 5.74) is 4.37. The number of nitrogens with zero attached hydrogens (tertiary/aromatic N) is 6. The van der Waals surface area contributed by atoms with Crippen molar-refractivity contribution in [2.45, 2.75) is 59.2 Å². The lowest BCUT2D eigenvalue weighted by atomic mass is 10.1. The maximum Gasteiger partial charge on any atom is 0.191 e. The fourth-order valence-electron chi connectivity index (χ4n) is 3.98. The summed E-state index contributed by atoms with van der Waals surface area (Å²) in [5, 5.41) is 20.2. The largest absolute Gasteiger partial charge is 0.352 e. The van der Waals surface area contributed by atoms with Crippen LogP contribution >= 0.6 is 24.0 Å². The summed E-state index contributed by atoms with van der Waals surface area (Å²) in [6.07, 6.45) is 4.66. The van der Waals surface area contributed by atoms with Crippen LogP contribution < -0.4 is 10.6 Å². The standard InChI is InChI=1S/C22H30N8.HI/c1-16-13-17(2)30(28-16)19-10-7-6-9-18(19)14-24-22(23-3)25-15-21-27-26-20-11-5-4-8-12-29(20)21;/h6-7,9-10,13H,4-5,8,11-12,14-15H2,1-3H3,(H2,23,24,25);1H. The Hall–Kier alpha value is -2.43. The summed E-state index contributed by atoms with van der Waals surface area (Å²) >= 11 is 0. The van der Waals surface area contributed by atoms with Crippen molar-refractivity contribution in [1.29, 1.82) is 0 Å². The van der Waals surface area contributed by atoms with Gasteiger partial charge in [-0.3, -0.25) is 4.99 Å². The topological polar surface area (TPSA) is 84.9 Å². The molecule has 0 amide bonds. The molecule has 0 aliphatic carbocycles. The third-order valence-corrected chi connectivity index (χ3v) is 5.50. The van der Waals surface area contributed by atoms with Gasteiger partial charge in [-0.05, 0) is 44.4 Å². The first-order valence-electron chi connectivity index (χ1n) is 10.6. The van der Waals surface area contributed by atoms with Gasteiger partial charge >= 0.3 is 0 Å². The van der Waals surface area contributed by atoms with E-state index in [4.69, 9.17) is 0 Å². The molecule has 0 atom stereocenters. The summed E-state index contributed by atoms with van der Waals surface area (Å²) in [4.78, 5) is 4.37. The minimum atomic E-state index is 0. The first-order valence-corrected chi connectivity index (χ1v) is 10.6. The van der Waals surface area contributed by atoms with Crippen molar-refractivity contribution in [2.75, 3.05) is 7.05 Å². The molecular formula is C22H31IN8. The van der Waals surface area contributed by atoms with Gasteiger partial charge in [-0.25, -0.2) is 4.68 Å². The molecule has 166 valence electrons. The molecule has 3 aromatic rings. The zero-order valence-corrected chi connectivity index (χ0v) is 20.8. The lowest BCUT2D eigenvalue weighted by Gasteiger charge is -2.15. The maximum atomic E-state index is 4.63. The van der Waals surface area contributed by atoms with Gasteiger partial charge in [-0.2, -0.15) is 5.10 Å². The van der Waals surface area contributed by atoms with Crippen LogP contribution in [0.2, 0.25) is 0 Å². The fraction of sp³-hybridized carbons (Fsp3) is 0.455. The van der Waals surface area contributed by atoms with Crippen LogP contribution in [0.5, 0.6) is 0 Å². The molecule has 1 aromatic carbocycles. The number of halogens is 1. The lowest BCUT2D eigenvalue weighted by Crippen LogP contribution is -2.37. The summed E-state index contributed by atoms with van der Waals surface area (Å²) in [6.45, 7) is 6.34. The van der Waals surface area contributed by atoms with E-state index in [0.717, 1.165) is 53.2 Å². The Kier molecular flexibility index (Phi) is 8.05. The van der Waals surface area contributed by atoms with Crippen LogP contribution in [0, 0.1) is 13.8 Å². The first kappa shape index (κ1) is 23.2. The van der Waals surface area contributed by atoms with Crippen LogP contribution in [0.4, 0.5) is 0 Å². The highest BCUT2D eigenvalue weighted by Crippen LogP contribution is 2.17. The van der Waals surface area contributed by atoms with E-state index < -0.39 is 0 Å². The molecule has 1 aliphatic rings. The van der Waals surface area contributed by atoms with E-state index in [2.05, 4.69) is 60.6 Å². The van der Waals surface area contributed by atoms with Crippen molar-refractivity contribution in [1.82, 2.24) is 35.2 Å². The molecular weight excluding hydrogens is 503 g/mol. The van der Waals surface area contributed by atoms with E-state index >= 15 is 0 Å². The number of nitrogens with one attached hydrogen (secondary N) is 2. The van der Waals surface area contributed by atoms with Gasteiger partial charge in [0, 0.05) is 32.3 Å². The minimum Gasteiger partial charge on any atom is -0.352 e. The summed E-state index contributed by atoms with van der Waals surface area (Å²) in [7, 11) is 1.78. The molecule has 2 N–H and O–H groups in total. The normalized spacial score (nSPS) is 13.8. The van der Waals surface area contributed by atoms with E-state index in [1.807, 2.05) is 23.7 Å². The number of aromatic nitrogens is 5. The second-order valence-corrected chi connectivity index (χ2v) is 7.74. The van der Waals surface area contributed by atoms with Crippen LogP contribution in [-0.2, 0) is 26.1 Å². The van der Waals surface area contributed by atoms with Crippen molar-refractivity contribution < 1.29 is 0 Å². The Labute approximate surface area is 200 Å². The number of benzene rings is 1. The maximum absolute atomic E-state index is 4.63. The van der Waals surface area contributed by atoms with Crippen LogP contribution in [0.3, 0.4) is 0 Å². The van der Waals surface area contributed by atoms with E-state index in [1.165, 1.54) is 19.3 Å². The number of hydrogen-bond donors (Lipinski definition) is 2. The molecule has 9 heteroatoms. The molecule has 31 heavy (non-hydrogen) atoms. The SMILES string of the molecule is CN=C(NCc1ccccc1-n1nc(C)cc1C)NCc1nnc2n1CCCCC2.I. The van der Waals surface area contributed by atoms with E-state index in [1.54, 1.807) is 7.05 Å². The highest BCUT2D eigenvalue weighted by Gasteiger charge is 2.15. The molecule has 0 saturated heterocycles.